The molecular formula is C14H22N4. The molecule has 0 radical (unpaired) electrons. The summed E-state index contributed by atoms with van der Waals surface area (Å²) >= 11 is 0. The van der Waals surface area contributed by atoms with Crippen molar-refractivity contribution in [3.05, 3.63) is 17.6 Å². The molecule has 0 saturated carbocycles. The van der Waals surface area contributed by atoms with Gasteiger partial charge in [-0.2, -0.15) is 0 Å². The van der Waals surface area contributed by atoms with Crippen LogP contribution in [0.15, 0.2) is 6.33 Å². The first kappa shape index (κ1) is 11.9. The van der Waals surface area contributed by atoms with Crippen molar-refractivity contribution in [1.82, 2.24) is 15.3 Å². The Bertz CT molecular complexity index is 430. The van der Waals surface area contributed by atoms with Crippen LogP contribution in [0.5, 0.6) is 0 Å². The Kier molecular flexibility index (Phi) is 3.20. The normalized spacial score (nSPS) is 23.5. The first-order valence-electron chi connectivity index (χ1n) is 7.04. The lowest BCUT2D eigenvalue weighted by molar-refractivity contribution is 0.422. The topological polar surface area (TPSA) is 41.1 Å². The molecule has 3 heterocycles. The molecule has 0 bridgehead atoms. The third kappa shape index (κ3) is 2.09. The lowest BCUT2D eigenvalue weighted by Gasteiger charge is -2.25. The monoisotopic (exact) mass is 246 g/mol. The van der Waals surface area contributed by atoms with Crippen LogP contribution in [-0.2, 0) is 13.0 Å². The van der Waals surface area contributed by atoms with Crippen molar-refractivity contribution in [3.8, 4) is 0 Å². The molecule has 1 aromatic rings. The van der Waals surface area contributed by atoms with Gasteiger partial charge in [0.1, 0.15) is 12.1 Å². The molecule has 1 fully saturated rings. The second-order valence-electron chi connectivity index (χ2n) is 5.79. The summed E-state index contributed by atoms with van der Waals surface area (Å²) in [6.45, 7) is 8.91. The van der Waals surface area contributed by atoms with Crippen LogP contribution in [0.2, 0.25) is 0 Å². The molecule has 1 aromatic heterocycles. The van der Waals surface area contributed by atoms with Gasteiger partial charge >= 0.3 is 0 Å². The first-order valence-corrected chi connectivity index (χ1v) is 7.04. The van der Waals surface area contributed by atoms with E-state index >= 15 is 0 Å². The minimum absolute atomic E-state index is 0.769. The van der Waals surface area contributed by atoms with Gasteiger partial charge in [-0.05, 0) is 18.3 Å². The fraction of sp³-hybridized carbons (Fsp3) is 0.714. The molecule has 4 nitrogen and oxygen atoms in total. The minimum atomic E-state index is 0.769. The van der Waals surface area contributed by atoms with Crippen molar-refractivity contribution in [3.63, 3.8) is 0 Å². The maximum atomic E-state index is 4.54. The molecule has 3 rings (SSSR count). The molecule has 2 aliphatic rings. The van der Waals surface area contributed by atoms with E-state index in [-0.39, 0.29) is 0 Å². The van der Waals surface area contributed by atoms with Gasteiger partial charge in [-0.15, -0.1) is 0 Å². The molecular weight excluding hydrogens is 224 g/mol. The van der Waals surface area contributed by atoms with Crippen LogP contribution in [0.4, 0.5) is 5.82 Å². The minimum Gasteiger partial charge on any atom is -0.356 e. The number of hydrogen-bond acceptors (Lipinski definition) is 4. The number of nitrogens with zero attached hydrogens (tertiary/aromatic N) is 3. The summed E-state index contributed by atoms with van der Waals surface area (Å²) in [4.78, 5) is 11.4. The number of aromatic nitrogens is 2. The highest BCUT2D eigenvalue weighted by molar-refractivity contribution is 5.50. The highest BCUT2D eigenvalue weighted by Crippen LogP contribution is 2.30. The van der Waals surface area contributed by atoms with Crippen LogP contribution in [0, 0.1) is 11.8 Å². The SMILES string of the molecule is CC(C)C1CCN(c2ncnc3c2CNCC3)C1. The third-order valence-electron chi connectivity index (χ3n) is 4.32. The second kappa shape index (κ2) is 4.84. The fourth-order valence-electron chi connectivity index (χ4n) is 3.05. The largest absolute Gasteiger partial charge is 0.356 e. The lowest BCUT2D eigenvalue weighted by atomic mass is 9.95. The van der Waals surface area contributed by atoms with Gasteiger partial charge < -0.3 is 10.2 Å². The van der Waals surface area contributed by atoms with Crippen molar-refractivity contribution in [2.45, 2.75) is 33.2 Å². The summed E-state index contributed by atoms with van der Waals surface area (Å²) in [5, 5.41) is 3.43. The van der Waals surface area contributed by atoms with E-state index in [0.717, 1.165) is 44.4 Å². The van der Waals surface area contributed by atoms with E-state index in [0.29, 0.717) is 0 Å². The molecule has 1 saturated heterocycles. The van der Waals surface area contributed by atoms with Crippen molar-refractivity contribution < 1.29 is 0 Å². The zero-order chi connectivity index (χ0) is 12.5. The van der Waals surface area contributed by atoms with E-state index in [9.17, 15) is 0 Å². The van der Waals surface area contributed by atoms with E-state index in [1.165, 1.54) is 23.5 Å². The Morgan fingerprint density at radius 2 is 2.28 bits per heavy atom. The number of rotatable bonds is 2. The van der Waals surface area contributed by atoms with E-state index in [1.54, 1.807) is 6.33 Å². The van der Waals surface area contributed by atoms with E-state index in [2.05, 4.69) is 34.0 Å². The van der Waals surface area contributed by atoms with Gasteiger partial charge in [0, 0.05) is 38.2 Å². The van der Waals surface area contributed by atoms with E-state index < -0.39 is 0 Å². The second-order valence-corrected chi connectivity index (χ2v) is 5.79. The predicted octanol–water partition coefficient (Wildman–Crippen LogP) is 1.60. The third-order valence-corrected chi connectivity index (χ3v) is 4.32. The Morgan fingerprint density at radius 3 is 3.06 bits per heavy atom. The van der Waals surface area contributed by atoms with Crippen LogP contribution >= 0.6 is 0 Å². The predicted molar refractivity (Wildman–Crippen MR) is 72.6 cm³/mol. The molecule has 4 heteroatoms. The zero-order valence-corrected chi connectivity index (χ0v) is 11.3. The number of hydrogen-bond donors (Lipinski definition) is 1. The van der Waals surface area contributed by atoms with Gasteiger partial charge in [-0.25, -0.2) is 9.97 Å². The molecule has 18 heavy (non-hydrogen) atoms. The van der Waals surface area contributed by atoms with Gasteiger partial charge in [0.2, 0.25) is 0 Å². The molecule has 98 valence electrons. The fourth-order valence-corrected chi connectivity index (χ4v) is 3.05. The van der Waals surface area contributed by atoms with Crippen LogP contribution in [0.3, 0.4) is 0 Å². The van der Waals surface area contributed by atoms with Gasteiger partial charge in [-0.3, -0.25) is 0 Å². The number of nitrogens with one attached hydrogen (secondary N) is 1. The van der Waals surface area contributed by atoms with Gasteiger partial charge in [0.05, 0.1) is 5.69 Å². The average molecular weight is 246 g/mol. The Hall–Kier alpha value is -1.16. The average Bonchev–Trinajstić information content (AvgIpc) is 2.87. The highest BCUT2D eigenvalue weighted by atomic mass is 15.2. The standard InChI is InChI=1S/C14H22N4/c1-10(2)11-4-6-18(8-11)14-12-7-15-5-3-13(12)16-9-17-14/h9-11,15H,3-8H2,1-2H3. The molecule has 1 atom stereocenters. The number of anilines is 1. The van der Waals surface area contributed by atoms with E-state index in [4.69, 9.17) is 0 Å². The molecule has 2 aliphatic heterocycles. The summed E-state index contributed by atoms with van der Waals surface area (Å²) in [5.41, 5.74) is 2.57. The van der Waals surface area contributed by atoms with Gasteiger partial charge in [-0.1, -0.05) is 13.8 Å². The van der Waals surface area contributed by atoms with Crippen LogP contribution in [0.25, 0.3) is 0 Å². The molecule has 0 aliphatic carbocycles. The van der Waals surface area contributed by atoms with Crippen molar-refractivity contribution >= 4 is 5.82 Å². The Morgan fingerprint density at radius 1 is 1.39 bits per heavy atom. The maximum Gasteiger partial charge on any atom is 0.136 e. The van der Waals surface area contributed by atoms with Gasteiger partial charge in [0.15, 0.2) is 0 Å². The Balaban J connectivity index is 1.85. The van der Waals surface area contributed by atoms with Crippen molar-refractivity contribution in [1.29, 1.82) is 0 Å². The van der Waals surface area contributed by atoms with Gasteiger partial charge in [0.25, 0.3) is 0 Å². The summed E-state index contributed by atoms with van der Waals surface area (Å²) < 4.78 is 0. The molecule has 0 amide bonds. The zero-order valence-electron chi connectivity index (χ0n) is 11.3. The van der Waals surface area contributed by atoms with Crippen LogP contribution in [-0.4, -0.2) is 29.6 Å². The molecule has 0 aromatic carbocycles. The summed E-state index contributed by atoms with van der Waals surface area (Å²) in [7, 11) is 0. The van der Waals surface area contributed by atoms with Crippen molar-refractivity contribution in [2.24, 2.45) is 11.8 Å². The summed E-state index contributed by atoms with van der Waals surface area (Å²) in [5.74, 6) is 2.76. The highest BCUT2D eigenvalue weighted by Gasteiger charge is 2.28. The molecule has 1 unspecified atom stereocenters. The van der Waals surface area contributed by atoms with Crippen LogP contribution in [0.1, 0.15) is 31.5 Å². The van der Waals surface area contributed by atoms with Crippen molar-refractivity contribution in [2.75, 3.05) is 24.5 Å². The molecule has 1 N–H and O–H groups in total. The van der Waals surface area contributed by atoms with Crippen LogP contribution < -0.4 is 10.2 Å². The summed E-state index contributed by atoms with van der Waals surface area (Å²) in [6, 6.07) is 0. The smallest absolute Gasteiger partial charge is 0.136 e. The maximum absolute atomic E-state index is 4.54. The lowest BCUT2D eigenvalue weighted by Crippen LogP contribution is -2.30. The number of fused-ring (bicyclic) bond motifs is 1. The quantitative estimate of drug-likeness (QED) is 0.860. The molecule has 0 spiro atoms. The Labute approximate surface area is 109 Å². The first-order chi connectivity index (χ1) is 8.75. The van der Waals surface area contributed by atoms with E-state index in [1.807, 2.05) is 0 Å². The summed E-state index contributed by atoms with van der Waals surface area (Å²) in [6.07, 6.45) is 4.07.